The molecule has 0 atom stereocenters. The highest BCUT2D eigenvalue weighted by molar-refractivity contribution is 7.98. The third-order valence-corrected chi connectivity index (χ3v) is 5.12. The van der Waals surface area contributed by atoms with Gasteiger partial charge in [-0.15, -0.1) is 10.2 Å². The quantitative estimate of drug-likeness (QED) is 0.433. The number of benzene rings is 2. The highest BCUT2D eigenvalue weighted by Gasteiger charge is 2.18. The maximum atomic E-state index is 14.4. The Morgan fingerprint density at radius 2 is 1.82 bits per heavy atom. The van der Waals surface area contributed by atoms with Crippen LogP contribution in [-0.4, -0.2) is 24.9 Å². The van der Waals surface area contributed by atoms with E-state index in [0.29, 0.717) is 47.0 Å². The van der Waals surface area contributed by atoms with E-state index < -0.39 is 0 Å². The Morgan fingerprint density at radius 1 is 1.04 bits per heavy atom. The Balaban J connectivity index is 1.66. The van der Waals surface area contributed by atoms with Crippen LogP contribution in [0.2, 0.25) is 0 Å². The molecule has 0 saturated heterocycles. The SMILES string of the molecule is CCc1nc(CSc2nnc(-c3ccccc3F)n2Cc2ccccc2)no1. The number of hydrogen-bond acceptors (Lipinski definition) is 6. The van der Waals surface area contributed by atoms with Crippen molar-refractivity contribution >= 4 is 11.8 Å². The van der Waals surface area contributed by atoms with Gasteiger partial charge in [0.25, 0.3) is 0 Å². The van der Waals surface area contributed by atoms with Crippen LogP contribution in [0.4, 0.5) is 4.39 Å². The molecule has 0 radical (unpaired) electrons. The Kier molecular flexibility index (Phi) is 5.48. The van der Waals surface area contributed by atoms with Crippen LogP contribution in [-0.2, 0) is 18.7 Å². The minimum atomic E-state index is -0.327. The summed E-state index contributed by atoms with van der Waals surface area (Å²) in [6.07, 6.45) is 0.694. The average molecular weight is 395 g/mol. The van der Waals surface area contributed by atoms with E-state index in [4.69, 9.17) is 4.52 Å². The third kappa shape index (κ3) is 3.96. The molecule has 0 amide bonds. The van der Waals surface area contributed by atoms with Gasteiger partial charge in [0, 0.05) is 6.42 Å². The summed E-state index contributed by atoms with van der Waals surface area (Å²) in [7, 11) is 0. The zero-order valence-electron chi connectivity index (χ0n) is 15.2. The molecule has 0 unspecified atom stereocenters. The fourth-order valence-electron chi connectivity index (χ4n) is 2.77. The monoisotopic (exact) mass is 395 g/mol. The Hall–Kier alpha value is -3.00. The van der Waals surface area contributed by atoms with E-state index in [2.05, 4.69) is 20.3 Å². The standard InChI is InChI=1S/C20H18FN5OS/c1-2-18-22-17(25-27-18)13-28-20-24-23-19(15-10-6-7-11-16(15)21)26(20)12-14-8-4-3-5-9-14/h3-11H,2,12-13H2,1H3. The van der Waals surface area contributed by atoms with Crippen LogP contribution in [0, 0.1) is 5.82 Å². The number of thioether (sulfide) groups is 1. The molecule has 6 nitrogen and oxygen atoms in total. The van der Waals surface area contributed by atoms with Crippen LogP contribution in [0.15, 0.2) is 64.3 Å². The highest BCUT2D eigenvalue weighted by atomic mass is 32.2. The molecule has 4 rings (SSSR count). The van der Waals surface area contributed by atoms with Crippen molar-refractivity contribution < 1.29 is 8.91 Å². The van der Waals surface area contributed by atoms with Crippen molar-refractivity contribution in [2.75, 3.05) is 0 Å². The van der Waals surface area contributed by atoms with Gasteiger partial charge in [-0.05, 0) is 17.7 Å². The predicted molar refractivity (Wildman–Crippen MR) is 104 cm³/mol. The largest absolute Gasteiger partial charge is 0.339 e. The van der Waals surface area contributed by atoms with Gasteiger partial charge in [0.05, 0.1) is 17.9 Å². The van der Waals surface area contributed by atoms with Crippen LogP contribution in [0.3, 0.4) is 0 Å². The minimum Gasteiger partial charge on any atom is -0.339 e. The van der Waals surface area contributed by atoms with Gasteiger partial charge in [-0.25, -0.2) is 4.39 Å². The molecule has 0 bridgehead atoms. The van der Waals surface area contributed by atoms with Gasteiger partial charge in [0.2, 0.25) is 5.89 Å². The molecule has 4 aromatic rings. The summed E-state index contributed by atoms with van der Waals surface area (Å²) in [5.74, 6) is 1.86. The van der Waals surface area contributed by atoms with Crippen molar-refractivity contribution in [1.82, 2.24) is 24.9 Å². The van der Waals surface area contributed by atoms with E-state index >= 15 is 0 Å². The van der Waals surface area contributed by atoms with Crippen LogP contribution >= 0.6 is 11.8 Å². The summed E-state index contributed by atoms with van der Waals surface area (Å²) in [5.41, 5.74) is 1.50. The summed E-state index contributed by atoms with van der Waals surface area (Å²) < 4.78 is 21.4. The number of halogens is 1. The molecular formula is C20H18FN5OS. The summed E-state index contributed by atoms with van der Waals surface area (Å²) >= 11 is 1.45. The molecule has 0 aliphatic heterocycles. The maximum Gasteiger partial charge on any atom is 0.226 e. The van der Waals surface area contributed by atoms with Crippen LogP contribution in [0.5, 0.6) is 0 Å². The molecule has 0 aliphatic rings. The van der Waals surface area contributed by atoms with E-state index in [9.17, 15) is 4.39 Å². The van der Waals surface area contributed by atoms with Crippen molar-refractivity contribution in [1.29, 1.82) is 0 Å². The zero-order valence-corrected chi connectivity index (χ0v) is 16.1. The van der Waals surface area contributed by atoms with Gasteiger partial charge in [0.15, 0.2) is 16.8 Å². The first-order valence-electron chi connectivity index (χ1n) is 8.91. The van der Waals surface area contributed by atoms with Crippen molar-refractivity contribution in [3.05, 3.63) is 77.7 Å². The molecule has 0 aliphatic carbocycles. The Bertz CT molecular complexity index is 1060. The molecule has 0 saturated carbocycles. The van der Waals surface area contributed by atoms with Gasteiger partial charge in [0.1, 0.15) is 5.82 Å². The summed E-state index contributed by atoms with van der Waals surface area (Å²) in [4.78, 5) is 4.32. The zero-order chi connectivity index (χ0) is 19.3. The highest BCUT2D eigenvalue weighted by Crippen LogP contribution is 2.28. The summed E-state index contributed by atoms with van der Waals surface area (Å²) in [5, 5.41) is 13.2. The number of aromatic nitrogens is 5. The van der Waals surface area contributed by atoms with Gasteiger partial charge >= 0.3 is 0 Å². The van der Waals surface area contributed by atoms with Crippen molar-refractivity contribution in [2.24, 2.45) is 0 Å². The molecule has 0 N–H and O–H groups in total. The predicted octanol–water partition coefficient (Wildman–Crippen LogP) is 4.37. The molecule has 8 heteroatoms. The lowest BCUT2D eigenvalue weighted by atomic mass is 10.2. The lowest BCUT2D eigenvalue weighted by Gasteiger charge is -2.10. The van der Waals surface area contributed by atoms with Crippen molar-refractivity contribution in [3.8, 4) is 11.4 Å². The van der Waals surface area contributed by atoms with Gasteiger partial charge in [-0.1, -0.05) is 66.3 Å². The first kappa shape index (κ1) is 18.4. The second kappa shape index (κ2) is 8.35. The Labute approximate surface area is 165 Å². The Morgan fingerprint density at radius 3 is 2.57 bits per heavy atom. The fourth-order valence-corrected chi connectivity index (χ4v) is 3.55. The third-order valence-electron chi connectivity index (χ3n) is 4.16. The van der Waals surface area contributed by atoms with Gasteiger partial charge < -0.3 is 4.52 Å². The van der Waals surface area contributed by atoms with E-state index in [1.165, 1.54) is 17.8 Å². The average Bonchev–Trinajstić information content (AvgIpc) is 3.34. The molecule has 0 spiro atoms. The number of rotatable bonds is 7. The molecule has 0 fully saturated rings. The first-order chi connectivity index (χ1) is 13.7. The fraction of sp³-hybridized carbons (Fsp3) is 0.200. The normalized spacial score (nSPS) is 11.1. The van der Waals surface area contributed by atoms with Gasteiger partial charge in [-0.3, -0.25) is 4.57 Å². The second-order valence-corrected chi connectivity index (χ2v) is 7.05. The van der Waals surface area contributed by atoms with Gasteiger partial charge in [-0.2, -0.15) is 4.98 Å². The van der Waals surface area contributed by atoms with E-state index in [1.807, 2.05) is 41.8 Å². The maximum absolute atomic E-state index is 14.4. The summed E-state index contributed by atoms with van der Waals surface area (Å²) in [6, 6.07) is 16.5. The molecule has 28 heavy (non-hydrogen) atoms. The second-order valence-electron chi connectivity index (χ2n) is 6.10. The van der Waals surface area contributed by atoms with E-state index in [0.717, 1.165) is 5.56 Å². The van der Waals surface area contributed by atoms with Crippen LogP contribution in [0.25, 0.3) is 11.4 Å². The van der Waals surface area contributed by atoms with Crippen LogP contribution < -0.4 is 0 Å². The smallest absolute Gasteiger partial charge is 0.226 e. The molecular weight excluding hydrogens is 377 g/mol. The lowest BCUT2D eigenvalue weighted by Crippen LogP contribution is -2.05. The number of hydrogen-bond donors (Lipinski definition) is 0. The van der Waals surface area contributed by atoms with Crippen molar-refractivity contribution in [2.45, 2.75) is 30.8 Å². The first-order valence-corrected chi connectivity index (χ1v) is 9.89. The van der Waals surface area contributed by atoms with Crippen LogP contribution in [0.1, 0.15) is 24.2 Å². The van der Waals surface area contributed by atoms with Crippen molar-refractivity contribution in [3.63, 3.8) is 0 Å². The molecule has 2 heterocycles. The summed E-state index contributed by atoms with van der Waals surface area (Å²) in [6.45, 7) is 2.49. The number of aryl methyl sites for hydroxylation is 1. The number of nitrogens with zero attached hydrogens (tertiary/aromatic N) is 5. The molecule has 2 aromatic heterocycles. The minimum absolute atomic E-state index is 0.327. The topological polar surface area (TPSA) is 69.6 Å². The molecule has 142 valence electrons. The van der Waals surface area contributed by atoms with E-state index in [1.54, 1.807) is 18.2 Å². The molecule has 2 aromatic carbocycles. The lowest BCUT2D eigenvalue weighted by molar-refractivity contribution is 0.378. The van der Waals surface area contributed by atoms with E-state index in [-0.39, 0.29) is 5.82 Å².